The van der Waals surface area contributed by atoms with Gasteiger partial charge in [0.25, 0.3) is 5.91 Å². The molecule has 0 bridgehead atoms. The molecular weight excluding hydrogens is 331 g/mol. The van der Waals surface area contributed by atoms with E-state index in [2.05, 4.69) is 20.3 Å². The van der Waals surface area contributed by atoms with E-state index in [4.69, 9.17) is 11.6 Å². The van der Waals surface area contributed by atoms with E-state index in [0.29, 0.717) is 5.56 Å². The van der Waals surface area contributed by atoms with Gasteiger partial charge in [0, 0.05) is 6.54 Å². The largest absolute Gasteiger partial charge is 0.573 e. The normalized spacial score (nSPS) is 11.2. The maximum atomic E-state index is 12.0. The highest BCUT2D eigenvalue weighted by Gasteiger charge is 2.30. The Balaban J connectivity index is 1.90. The first-order valence-electron chi connectivity index (χ1n) is 5.45. The van der Waals surface area contributed by atoms with E-state index in [9.17, 15) is 18.0 Å². The van der Waals surface area contributed by atoms with Crippen molar-refractivity contribution in [1.82, 2.24) is 15.5 Å². The number of carbonyl (C=O) groups is 1. The number of benzene rings is 1. The Kier molecular flexibility index (Phi) is 4.63. The summed E-state index contributed by atoms with van der Waals surface area (Å²) in [4.78, 5) is 11.7. The molecule has 1 N–H and O–H groups in total. The van der Waals surface area contributed by atoms with E-state index in [1.807, 2.05) is 0 Å². The predicted molar refractivity (Wildman–Crippen MR) is 69.2 cm³/mol. The van der Waals surface area contributed by atoms with Crippen LogP contribution in [-0.4, -0.2) is 22.5 Å². The SMILES string of the molecule is O=C(NCc1ccc(OC(F)(F)F)cc1)c1nnc(Cl)s1. The molecule has 1 heterocycles. The van der Waals surface area contributed by atoms with Crippen LogP contribution in [0.25, 0.3) is 0 Å². The van der Waals surface area contributed by atoms with Gasteiger partial charge in [0.1, 0.15) is 5.75 Å². The van der Waals surface area contributed by atoms with Crippen LogP contribution in [0.4, 0.5) is 13.2 Å². The smallest absolute Gasteiger partial charge is 0.406 e. The van der Waals surface area contributed by atoms with E-state index in [1.54, 1.807) is 0 Å². The zero-order valence-electron chi connectivity index (χ0n) is 10.1. The molecule has 0 aliphatic rings. The summed E-state index contributed by atoms with van der Waals surface area (Å²) in [5.41, 5.74) is 0.605. The van der Waals surface area contributed by atoms with Crippen molar-refractivity contribution in [1.29, 1.82) is 0 Å². The summed E-state index contributed by atoms with van der Waals surface area (Å²) in [5.74, 6) is -0.788. The first-order chi connectivity index (χ1) is 9.83. The number of alkyl halides is 3. The zero-order valence-corrected chi connectivity index (χ0v) is 11.7. The quantitative estimate of drug-likeness (QED) is 0.931. The number of nitrogens with zero attached hydrogens (tertiary/aromatic N) is 2. The van der Waals surface area contributed by atoms with Crippen molar-refractivity contribution in [3.8, 4) is 5.75 Å². The van der Waals surface area contributed by atoms with Crippen LogP contribution in [0, 0.1) is 0 Å². The lowest BCUT2D eigenvalue weighted by atomic mass is 10.2. The van der Waals surface area contributed by atoms with Crippen LogP contribution in [0.1, 0.15) is 15.4 Å². The van der Waals surface area contributed by atoms with E-state index in [1.165, 1.54) is 12.1 Å². The van der Waals surface area contributed by atoms with E-state index < -0.39 is 12.3 Å². The number of hydrogen-bond acceptors (Lipinski definition) is 5. The molecule has 1 amide bonds. The number of rotatable bonds is 4. The van der Waals surface area contributed by atoms with Crippen LogP contribution >= 0.6 is 22.9 Å². The van der Waals surface area contributed by atoms with Gasteiger partial charge in [-0.3, -0.25) is 4.79 Å². The van der Waals surface area contributed by atoms with Crippen molar-refractivity contribution >= 4 is 28.8 Å². The van der Waals surface area contributed by atoms with Crippen molar-refractivity contribution in [3.05, 3.63) is 39.3 Å². The highest BCUT2D eigenvalue weighted by atomic mass is 35.5. The summed E-state index contributed by atoms with van der Waals surface area (Å²) in [5, 5.41) is 9.70. The van der Waals surface area contributed by atoms with Crippen molar-refractivity contribution < 1.29 is 22.7 Å². The first-order valence-corrected chi connectivity index (χ1v) is 6.65. The monoisotopic (exact) mass is 337 g/mol. The van der Waals surface area contributed by atoms with Crippen LogP contribution < -0.4 is 10.1 Å². The molecule has 0 aliphatic heterocycles. The number of nitrogens with one attached hydrogen (secondary N) is 1. The maximum absolute atomic E-state index is 12.0. The molecule has 10 heteroatoms. The number of carbonyl (C=O) groups excluding carboxylic acids is 1. The molecule has 112 valence electrons. The van der Waals surface area contributed by atoms with Gasteiger partial charge in [-0.25, -0.2) is 0 Å². The Labute approximate surface area is 125 Å². The fraction of sp³-hybridized carbons (Fsp3) is 0.182. The first kappa shape index (κ1) is 15.5. The molecule has 0 atom stereocenters. The second-order valence-electron chi connectivity index (χ2n) is 3.73. The van der Waals surface area contributed by atoms with Crippen LogP contribution in [0.5, 0.6) is 5.75 Å². The summed E-state index contributed by atoms with van der Waals surface area (Å²) >= 11 is 6.48. The lowest BCUT2D eigenvalue weighted by Gasteiger charge is -2.09. The van der Waals surface area contributed by atoms with Gasteiger partial charge in [-0.15, -0.1) is 23.4 Å². The second-order valence-corrected chi connectivity index (χ2v) is 5.29. The molecule has 2 rings (SSSR count). The van der Waals surface area contributed by atoms with Gasteiger partial charge in [-0.05, 0) is 29.3 Å². The van der Waals surface area contributed by atoms with Gasteiger partial charge in [0.2, 0.25) is 9.47 Å². The van der Waals surface area contributed by atoms with Crippen molar-refractivity contribution in [2.24, 2.45) is 0 Å². The Hall–Kier alpha value is -1.87. The van der Waals surface area contributed by atoms with Gasteiger partial charge in [0.05, 0.1) is 0 Å². The molecule has 0 radical (unpaired) electrons. The third-order valence-electron chi connectivity index (χ3n) is 2.20. The number of ether oxygens (including phenoxy) is 1. The lowest BCUT2D eigenvalue weighted by Crippen LogP contribution is -2.22. The third-order valence-corrected chi connectivity index (χ3v) is 3.22. The summed E-state index contributed by atoms with van der Waals surface area (Å²) in [6.07, 6.45) is -4.73. The summed E-state index contributed by atoms with van der Waals surface area (Å²) in [6, 6.07) is 5.15. The molecule has 0 saturated carbocycles. The Bertz CT molecular complexity index is 630. The van der Waals surface area contributed by atoms with E-state index >= 15 is 0 Å². The van der Waals surface area contributed by atoms with Crippen molar-refractivity contribution in [3.63, 3.8) is 0 Å². The fourth-order valence-electron chi connectivity index (χ4n) is 1.36. The highest BCUT2D eigenvalue weighted by molar-refractivity contribution is 7.17. The van der Waals surface area contributed by atoms with Crippen LogP contribution in [0.15, 0.2) is 24.3 Å². The van der Waals surface area contributed by atoms with Gasteiger partial charge in [-0.2, -0.15) is 0 Å². The fourth-order valence-corrected chi connectivity index (χ4v) is 2.11. The average molecular weight is 338 g/mol. The van der Waals surface area contributed by atoms with Crippen LogP contribution in [-0.2, 0) is 6.54 Å². The topological polar surface area (TPSA) is 64.1 Å². The minimum absolute atomic E-state index is 0.108. The summed E-state index contributed by atoms with van der Waals surface area (Å²) in [6.45, 7) is 0.127. The zero-order chi connectivity index (χ0) is 15.5. The molecule has 21 heavy (non-hydrogen) atoms. The Morgan fingerprint density at radius 2 is 1.95 bits per heavy atom. The number of amides is 1. The second kappa shape index (κ2) is 6.27. The van der Waals surface area contributed by atoms with Gasteiger partial charge in [-0.1, -0.05) is 23.5 Å². The van der Waals surface area contributed by atoms with Crippen LogP contribution in [0.2, 0.25) is 4.47 Å². The van der Waals surface area contributed by atoms with Crippen LogP contribution in [0.3, 0.4) is 0 Å². The molecule has 0 unspecified atom stereocenters. The highest BCUT2D eigenvalue weighted by Crippen LogP contribution is 2.22. The molecule has 1 aromatic heterocycles. The van der Waals surface area contributed by atoms with Crippen molar-refractivity contribution in [2.75, 3.05) is 0 Å². The third kappa shape index (κ3) is 4.87. The van der Waals surface area contributed by atoms with E-state index in [0.717, 1.165) is 23.5 Å². The van der Waals surface area contributed by atoms with E-state index in [-0.39, 0.29) is 21.8 Å². The van der Waals surface area contributed by atoms with Gasteiger partial charge < -0.3 is 10.1 Å². The molecular formula is C11H7ClF3N3O2S. The minimum Gasteiger partial charge on any atom is -0.406 e. The predicted octanol–water partition coefficient (Wildman–Crippen LogP) is 3.02. The number of halogens is 4. The molecule has 0 fully saturated rings. The van der Waals surface area contributed by atoms with Gasteiger partial charge >= 0.3 is 6.36 Å². The van der Waals surface area contributed by atoms with Crippen molar-refractivity contribution in [2.45, 2.75) is 12.9 Å². The molecule has 0 aliphatic carbocycles. The molecule has 0 saturated heterocycles. The standard InChI is InChI=1S/C11H7ClF3N3O2S/c12-10-18-17-9(21-10)8(19)16-5-6-1-3-7(4-2-6)20-11(13,14)15/h1-4H,5H2,(H,16,19). The molecule has 1 aromatic carbocycles. The summed E-state index contributed by atoms with van der Waals surface area (Å²) in [7, 11) is 0. The Morgan fingerprint density at radius 3 is 2.48 bits per heavy atom. The summed E-state index contributed by atoms with van der Waals surface area (Å²) < 4.78 is 39.8. The molecule has 2 aromatic rings. The number of hydrogen-bond donors (Lipinski definition) is 1. The van der Waals surface area contributed by atoms with Gasteiger partial charge in [0.15, 0.2) is 0 Å². The average Bonchev–Trinajstić information content (AvgIpc) is 2.82. The maximum Gasteiger partial charge on any atom is 0.573 e. The Morgan fingerprint density at radius 1 is 1.29 bits per heavy atom. The minimum atomic E-state index is -4.73. The lowest BCUT2D eigenvalue weighted by molar-refractivity contribution is -0.274. The molecule has 0 spiro atoms. The number of aromatic nitrogens is 2. The molecule has 5 nitrogen and oxygen atoms in total.